The van der Waals surface area contributed by atoms with E-state index in [9.17, 15) is 4.79 Å². The lowest BCUT2D eigenvalue weighted by atomic mass is 9.91. The molecule has 3 aliphatic rings. The summed E-state index contributed by atoms with van der Waals surface area (Å²) in [7, 11) is 0. The van der Waals surface area contributed by atoms with Gasteiger partial charge in [-0.05, 0) is 25.3 Å². The number of hydrogen-bond donors (Lipinski definition) is 1. The third kappa shape index (κ3) is 3.06. The first-order valence-corrected chi connectivity index (χ1v) is 7.49. The van der Waals surface area contributed by atoms with Crippen LogP contribution in [0.2, 0.25) is 0 Å². The number of halogens is 1. The first-order chi connectivity index (χ1) is 8.75. The fraction of sp³-hybridized carbons (Fsp3) is 0.929. The fourth-order valence-corrected chi connectivity index (χ4v) is 3.43. The van der Waals surface area contributed by atoms with Gasteiger partial charge in [0.05, 0.1) is 5.92 Å². The molecule has 3 rings (SSSR count). The summed E-state index contributed by atoms with van der Waals surface area (Å²) in [5.41, 5.74) is 0. The molecule has 0 spiro atoms. The summed E-state index contributed by atoms with van der Waals surface area (Å²) in [6.07, 6.45) is 4.14. The topological polar surface area (TPSA) is 35.6 Å². The molecule has 0 bridgehead atoms. The molecule has 0 radical (unpaired) electrons. The van der Waals surface area contributed by atoms with Gasteiger partial charge in [0.1, 0.15) is 0 Å². The normalized spacial score (nSPS) is 32.8. The monoisotopic (exact) mass is 287 g/mol. The molecule has 1 N–H and O–H groups in total. The zero-order valence-electron chi connectivity index (χ0n) is 11.8. The summed E-state index contributed by atoms with van der Waals surface area (Å²) in [4.78, 5) is 17.1. The Kier molecular flexibility index (Phi) is 5.09. The maximum atomic E-state index is 12.4. The van der Waals surface area contributed by atoms with Crippen molar-refractivity contribution in [3.05, 3.63) is 0 Å². The van der Waals surface area contributed by atoms with Crippen molar-refractivity contribution in [2.45, 2.75) is 32.2 Å². The van der Waals surface area contributed by atoms with E-state index in [-0.39, 0.29) is 18.3 Å². The Morgan fingerprint density at radius 2 is 1.79 bits per heavy atom. The number of carbonyl (C=O) groups is 1. The molecule has 5 heteroatoms. The van der Waals surface area contributed by atoms with Crippen molar-refractivity contribution in [2.75, 3.05) is 39.3 Å². The Bertz CT molecular complexity index is 314. The van der Waals surface area contributed by atoms with Gasteiger partial charge in [-0.25, -0.2) is 0 Å². The number of nitrogens with one attached hydrogen (secondary N) is 1. The van der Waals surface area contributed by atoms with Gasteiger partial charge in [-0.15, -0.1) is 12.4 Å². The molecule has 0 unspecified atom stereocenters. The molecule has 1 aliphatic carbocycles. The average Bonchev–Trinajstić information content (AvgIpc) is 2.73. The second-order valence-electron chi connectivity index (χ2n) is 6.19. The van der Waals surface area contributed by atoms with E-state index in [1.807, 2.05) is 0 Å². The van der Waals surface area contributed by atoms with Gasteiger partial charge in [-0.3, -0.25) is 9.69 Å². The Morgan fingerprint density at radius 1 is 1.11 bits per heavy atom. The molecule has 19 heavy (non-hydrogen) atoms. The number of rotatable bonds is 2. The molecule has 110 valence electrons. The van der Waals surface area contributed by atoms with Crippen molar-refractivity contribution in [3.63, 3.8) is 0 Å². The number of amides is 1. The Hall–Kier alpha value is -0.320. The van der Waals surface area contributed by atoms with Crippen LogP contribution in [0.15, 0.2) is 0 Å². The highest BCUT2D eigenvalue weighted by molar-refractivity contribution is 5.85. The van der Waals surface area contributed by atoms with Crippen molar-refractivity contribution < 1.29 is 4.79 Å². The highest BCUT2D eigenvalue weighted by atomic mass is 35.5. The van der Waals surface area contributed by atoms with Crippen LogP contribution in [-0.4, -0.2) is 61.0 Å². The minimum absolute atomic E-state index is 0. The first-order valence-electron chi connectivity index (χ1n) is 7.49. The predicted octanol–water partition coefficient (Wildman–Crippen LogP) is 0.960. The second-order valence-corrected chi connectivity index (χ2v) is 6.19. The standard InChI is InChI=1S/C14H25N3O.ClH/c1-11-9-15-10-13(11)14(18)17-7-5-16(6-8-17)12-3-2-4-12;/h11-13,15H,2-10H2,1H3;1H/t11-,13-;/m1./s1. The lowest BCUT2D eigenvalue weighted by Crippen LogP contribution is -2.55. The van der Waals surface area contributed by atoms with Crippen LogP contribution < -0.4 is 5.32 Å². The Balaban J connectivity index is 0.00000133. The van der Waals surface area contributed by atoms with E-state index < -0.39 is 0 Å². The number of carbonyl (C=O) groups excluding carboxylic acids is 1. The fourth-order valence-electron chi connectivity index (χ4n) is 3.43. The van der Waals surface area contributed by atoms with Gasteiger partial charge in [0, 0.05) is 38.8 Å². The minimum Gasteiger partial charge on any atom is -0.340 e. The van der Waals surface area contributed by atoms with Crippen LogP contribution in [0, 0.1) is 11.8 Å². The molecule has 2 saturated heterocycles. The van der Waals surface area contributed by atoms with Crippen LogP contribution in [0.4, 0.5) is 0 Å². The molecule has 4 nitrogen and oxygen atoms in total. The van der Waals surface area contributed by atoms with Crippen molar-refractivity contribution >= 4 is 18.3 Å². The van der Waals surface area contributed by atoms with E-state index in [1.165, 1.54) is 19.3 Å². The van der Waals surface area contributed by atoms with Crippen LogP contribution in [0.5, 0.6) is 0 Å². The zero-order chi connectivity index (χ0) is 12.5. The van der Waals surface area contributed by atoms with Crippen molar-refractivity contribution in [3.8, 4) is 0 Å². The quantitative estimate of drug-likeness (QED) is 0.822. The van der Waals surface area contributed by atoms with E-state index in [0.29, 0.717) is 11.8 Å². The summed E-state index contributed by atoms with van der Waals surface area (Å²) < 4.78 is 0. The molecule has 0 aromatic carbocycles. The highest BCUT2D eigenvalue weighted by Gasteiger charge is 2.35. The van der Waals surface area contributed by atoms with Gasteiger partial charge < -0.3 is 10.2 Å². The van der Waals surface area contributed by atoms with Gasteiger partial charge in [0.25, 0.3) is 0 Å². The Morgan fingerprint density at radius 3 is 2.26 bits per heavy atom. The molecule has 2 aliphatic heterocycles. The summed E-state index contributed by atoms with van der Waals surface area (Å²) >= 11 is 0. The third-order valence-corrected chi connectivity index (χ3v) is 5.05. The van der Waals surface area contributed by atoms with Gasteiger partial charge in [0.2, 0.25) is 5.91 Å². The van der Waals surface area contributed by atoms with Gasteiger partial charge >= 0.3 is 0 Å². The van der Waals surface area contributed by atoms with Crippen LogP contribution in [-0.2, 0) is 4.79 Å². The van der Waals surface area contributed by atoms with E-state index in [1.54, 1.807) is 0 Å². The SMILES string of the molecule is C[C@@H]1CNC[C@H]1C(=O)N1CCN(C2CCC2)CC1.Cl. The average molecular weight is 288 g/mol. The number of hydrogen-bond acceptors (Lipinski definition) is 3. The van der Waals surface area contributed by atoms with Crippen molar-refractivity contribution in [1.29, 1.82) is 0 Å². The molecule has 3 fully saturated rings. The van der Waals surface area contributed by atoms with Crippen molar-refractivity contribution in [1.82, 2.24) is 15.1 Å². The lowest BCUT2D eigenvalue weighted by molar-refractivity contribution is -0.138. The van der Waals surface area contributed by atoms with Crippen molar-refractivity contribution in [2.24, 2.45) is 11.8 Å². The summed E-state index contributed by atoms with van der Waals surface area (Å²) in [6.45, 7) is 8.13. The number of nitrogens with zero attached hydrogens (tertiary/aromatic N) is 2. The van der Waals surface area contributed by atoms with E-state index in [0.717, 1.165) is 45.3 Å². The van der Waals surface area contributed by atoms with Crippen LogP contribution in [0.3, 0.4) is 0 Å². The summed E-state index contributed by atoms with van der Waals surface area (Å²) in [6, 6.07) is 0.828. The summed E-state index contributed by atoms with van der Waals surface area (Å²) in [5, 5.41) is 3.33. The molecule has 2 atom stereocenters. The van der Waals surface area contributed by atoms with E-state index in [4.69, 9.17) is 0 Å². The Labute approximate surface area is 122 Å². The smallest absolute Gasteiger partial charge is 0.227 e. The van der Waals surface area contributed by atoms with Gasteiger partial charge in [-0.1, -0.05) is 13.3 Å². The summed E-state index contributed by atoms with van der Waals surface area (Å²) in [5.74, 6) is 1.11. The minimum atomic E-state index is 0. The molecule has 0 aromatic heterocycles. The van der Waals surface area contributed by atoms with Crippen LogP contribution >= 0.6 is 12.4 Å². The van der Waals surface area contributed by atoms with Crippen LogP contribution in [0.1, 0.15) is 26.2 Å². The molecule has 1 amide bonds. The lowest BCUT2D eigenvalue weighted by Gasteiger charge is -2.43. The molecule has 0 aromatic rings. The second kappa shape index (κ2) is 6.42. The first kappa shape index (κ1) is 15.1. The van der Waals surface area contributed by atoms with Gasteiger partial charge in [-0.2, -0.15) is 0 Å². The maximum absolute atomic E-state index is 12.4. The van der Waals surface area contributed by atoms with Gasteiger partial charge in [0.15, 0.2) is 0 Å². The zero-order valence-corrected chi connectivity index (χ0v) is 12.6. The molecular weight excluding hydrogens is 262 g/mol. The van der Waals surface area contributed by atoms with Crippen LogP contribution in [0.25, 0.3) is 0 Å². The third-order valence-electron chi connectivity index (χ3n) is 5.05. The molecule has 1 saturated carbocycles. The van der Waals surface area contributed by atoms with E-state index >= 15 is 0 Å². The maximum Gasteiger partial charge on any atom is 0.227 e. The predicted molar refractivity (Wildman–Crippen MR) is 78.6 cm³/mol. The highest BCUT2D eigenvalue weighted by Crippen LogP contribution is 2.26. The number of piperazine rings is 1. The largest absolute Gasteiger partial charge is 0.340 e. The van der Waals surface area contributed by atoms with E-state index in [2.05, 4.69) is 22.0 Å². The molecular formula is C14H26ClN3O. The molecule has 2 heterocycles.